The lowest BCUT2D eigenvalue weighted by Gasteiger charge is -2.39. The fourth-order valence-electron chi connectivity index (χ4n) is 3.10. The Morgan fingerprint density at radius 2 is 2.25 bits per heavy atom. The number of ether oxygens (including phenoxy) is 1. The van der Waals surface area contributed by atoms with Gasteiger partial charge in [0.25, 0.3) is 0 Å². The number of nitrogens with two attached hydrogens (primary N) is 1. The van der Waals surface area contributed by atoms with E-state index in [4.69, 9.17) is 10.5 Å². The van der Waals surface area contributed by atoms with Crippen molar-refractivity contribution in [3.05, 3.63) is 18.2 Å². The molecule has 1 amide bonds. The maximum Gasteiger partial charge on any atom is 0.223 e. The van der Waals surface area contributed by atoms with Crippen LogP contribution in [-0.4, -0.2) is 43.1 Å². The Morgan fingerprint density at radius 1 is 1.40 bits per heavy atom. The summed E-state index contributed by atoms with van der Waals surface area (Å²) in [5.41, 5.74) is 7.71. The van der Waals surface area contributed by atoms with Crippen LogP contribution in [0.4, 0.5) is 11.4 Å². The molecule has 2 aliphatic rings. The number of rotatable bonds is 3. The van der Waals surface area contributed by atoms with E-state index in [-0.39, 0.29) is 0 Å². The minimum atomic E-state index is 0.307. The van der Waals surface area contributed by atoms with Crippen molar-refractivity contribution >= 4 is 17.3 Å². The third-order valence-corrected chi connectivity index (χ3v) is 4.16. The number of amides is 1. The molecule has 2 N–H and O–H groups in total. The van der Waals surface area contributed by atoms with E-state index < -0.39 is 0 Å². The molecular weight excluding hydrogens is 254 g/mol. The maximum atomic E-state index is 11.7. The standard InChI is InChI=1S/C15H21N3O2/c1-2-20-14-9-11(3-5-13(14)16)17-7-8-18-12(10-17)4-6-15(18)19/h3,5,9,12H,2,4,6-8,10,16H2,1H3. The molecule has 2 aliphatic heterocycles. The molecule has 5 heteroatoms. The molecule has 5 nitrogen and oxygen atoms in total. The normalized spacial score (nSPS) is 22.1. The first-order chi connectivity index (χ1) is 9.69. The van der Waals surface area contributed by atoms with Crippen molar-refractivity contribution in [3.8, 4) is 5.75 Å². The molecule has 2 fully saturated rings. The van der Waals surface area contributed by atoms with Gasteiger partial charge >= 0.3 is 0 Å². The molecule has 1 atom stereocenters. The van der Waals surface area contributed by atoms with Gasteiger partial charge in [0.15, 0.2) is 0 Å². The van der Waals surface area contributed by atoms with E-state index in [0.717, 1.165) is 37.5 Å². The summed E-state index contributed by atoms with van der Waals surface area (Å²) in [4.78, 5) is 16.1. The number of carbonyl (C=O) groups excluding carboxylic acids is 1. The summed E-state index contributed by atoms with van der Waals surface area (Å²) in [6.45, 7) is 5.16. The largest absolute Gasteiger partial charge is 0.492 e. The van der Waals surface area contributed by atoms with E-state index in [9.17, 15) is 4.79 Å². The second-order valence-corrected chi connectivity index (χ2v) is 5.38. The zero-order chi connectivity index (χ0) is 14.1. The number of fused-ring (bicyclic) bond motifs is 1. The summed E-state index contributed by atoms with van der Waals surface area (Å²) in [6, 6.07) is 6.30. The van der Waals surface area contributed by atoms with Gasteiger partial charge in [-0.15, -0.1) is 0 Å². The zero-order valence-electron chi connectivity index (χ0n) is 11.8. The second-order valence-electron chi connectivity index (χ2n) is 5.38. The molecule has 0 spiro atoms. The minimum Gasteiger partial charge on any atom is -0.492 e. The minimum absolute atomic E-state index is 0.307. The summed E-state index contributed by atoms with van der Waals surface area (Å²) in [5, 5.41) is 0. The van der Waals surface area contributed by atoms with Crippen molar-refractivity contribution in [2.24, 2.45) is 0 Å². The Bertz CT molecular complexity index is 518. The highest BCUT2D eigenvalue weighted by Crippen LogP contribution is 2.31. The third kappa shape index (κ3) is 2.28. The van der Waals surface area contributed by atoms with E-state index in [1.165, 1.54) is 0 Å². The van der Waals surface area contributed by atoms with Crippen LogP contribution >= 0.6 is 0 Å². The number of hydrogen-bond donors (Lipinski definition) is 1. The Labute approximate surface area is 119 Å². The van der Waals surface area contributed by atoms with Crippen LogP contribution in [-0.2, 0) is 4.79 Å². The van der Waals surface area contributed by atoms with Gasteiger partial charge in [-0.25, -0.2) is 0 Å². The average Bonchev–Trinajstić information content (AvgIpc) is 2.83. The smallest absolute Gasteiger partial charge is 0.223 e. The summed E-state index contributed by atoms with van der Waals surface area (Å²) in [7, 11) is 0. The molecule has 0 saturated carbocycles. The molecule has 2 saturated heterocycles. The number of carbonyl (C=O) groups is 1. The third-order valence-electron chi connectivity index (χ3n) is 4.16. The molecule has 0 aromatic heterocycles. The summed E-state index contributed by atoms with van der Waals surface area (Å²) >= 11 is 0. The quantitative estimate of drug-likeness (QED) is 0.849. The molecule has 1 aromatic carbocycles. The van der Waals surface area contributed by atoms with E-state index in [2.05, 4.69) is 4.90 Å². The Hall–Kier alpha value is -1.91. The van der Waals surface area contributed by atoms with Gasteiger partial charge in [-0.2, -0.15) is 0 Å². The highest BCUT2D eigenvalue weighted by molar-refractivity contribution is 5.79. The number of piperazine rings is 1. The van der Waals surface area contributed by atoms with Gasteiger partial charge in [-0.1, -0.05) is 0 Å². The zero-order valence-corrected chi connectivity index (χ0v) is 11.8. The van der Waals surface area contributed by atoms with Gasteiger partial charge in [-0.05, 0) is 25.5 Å². The summed E-state index contributed by atoms with van der Waals surface area (Å²) in [6.07, 6.45) is 1.67. The van der Waals surface area contributed by atoms with E-state index in [0.29, 0.717) is 30.7 Å². The van der Waals surface area contributed by atoms with Crippen molar-refractivity contribution in [2.75, 3.05) is 36.9 Å². The van der Waals surface area contributed by atoms with Crippen molar-refractivity contribution in [3.63, 3.8) is 0 Å². The SMILES string of the molecule is CCOc1cc(N2CCN3C(=O)CCC3C2)ccc1N. The first kappa shape index (κ1) is 13.1. The van der Waals surface area contributed by atoms with Crippen LogP contribution in [0, 0.1) is 0 Å². The number of hydrogen-bond acceptors (Lipinski definition) is 4. The highest BCUT2D eigenvalue weighted by atomic mass is 16.5. The molecule has 0 bridgehead atoms. The van der Waals surface area contributed by atoms with Gasteiger partial charge in [0.1, 0.15) is 5.75 Å². The van der Waals surface area contributed by atoms with E-state index >= 15 is 0 Å². The molecule has 108 valence electrons. The van der Waals surface area contributed by atoms with Crippen molar-refractivity contribution in [1.29, 1.82) is 0 Å². The lowest BCUT2D eigenvalue weighted by atomic mass is 10.1. The van der Waals surface area contributed by atoms with Gasteiger partial charge in [0, 0.05) is 43.9 Å². The molecular formula is C15H21N3O2. The van der Waals surface area contributed by atoms with Crippen molar-refractivity contribution < 1.29 is 9.53 Å². The Balaban J connectivity index is 1.77. The maximum absolute atomic E-state index is 11.7. The molecule has 0 aliphatic carbocycles. The number of nitrogens with zero attached hydrogens (tertiary/aromatic N) is 2. The van der Waals surface area contributed by atoms with Crippen LogP contribution in [0.25, 0.3) is 0 Å². The monoisotopic (exact) mass is 275 g/mol. The lowest BCUT2D eigenvalue weighted by molar-refractivity contribution is -0.129. The fraction of sp³-hybridized carbons (Fsp3) is 0.533. The lowest BCUT2D eigenvalue weighted by Crippen LogP contribution is -2.51. The summed E-state index contributed by atoms with van der Waals surface area (Å²) < 4.78 is 5.56. The molecule has 3 rings (SSSR count). The molecule has 1 aromatic rings. The summed E-state index contributed by atoms with van der Waals surface area (Å²) in [5.74, 6) is 1.05. The van der Waals surface area contributed by atoms with Crippen LogP contribution in [0.1, 0.15) is 19.8 Å². The van der Waals surface area contributed by atoms with Crippen LogP contribution in [0.2, 0.25) is 0 Å². The van der Waals surface area contributed by atoms with E-state index in [1.54, 1.807) is 0 Å². The molecule has 20 heavy (non-hydrogen) atoms. The van der Waals surface area contributed by atoms with Gasteiger partial charge in [0.05, 0.1) is 12.3 Å². The molecule has 0 radical (unpaired) electrons. The topological polar surface area (TPSA) is 58.8 Å². The Kier molecular flexibility index (Phi) is 3.42. The molecule has 1 unspecified atom stereocenters. The predicted molar refractivity (Wildman–Crippen MR) is 79.0 cm³/mol. The van der Waals surface area contributed by atoms with Crippen LogP contribution in [0.15, 0.2) is 18.2 Å². The van der Waals surface area contributed by atoms with Gasteiger partial charge in [-0.3, -0.25) is 4.79 Å². The predicted octanol–water partition coefficient (Wildman–Crippen LogP) is 1.48. The number of anilines is 2. The second kappa shape index (κ2) is 5.23. The molecule has 2 heterocycles. The first-order valence-corrected chi connectivity index (χ1v) is 7.25. The van der Waals surface area contributed by atoms with Crippen molar-refractivity contribution in [2.45, 2.75) is 25.8 Å². The van der Waals surface area contributed by atoms with E-state index in [1.807, 2.05) is 30.0 Å². The fourth-order valence-corrected chi connectivity index (χ4v) is 3.10. The Morgan fingerprint density at radius 3 is 3.05 bits per heavy atom. The van der Waals surface area contributed by atoms with Crippen LogP contribution in [0.5, 0.6) is 5.75 Å². The first-order valence-electron chi connectivity index (χ1n) is 7.25. The van der Waals surface area contributed by atoms with Gasteiger partial charge < -0.3 is 20.3 Å². The number of nitrogen functional groups attached to an aromatic ring is 1. The van der Waals surface area contributed by atoms with Gasteiger partial charge in [0.2, 0.25) is 5.91 Å². The van der Waals surface area contributed by atoms with Crippen LogP contribution in [0.3, 0.4) is 0 Å². The number of benzene rings is 1. The van der Waals surface area contributed by atoms with Crippen molar-refractivity contribution in [1.82, 2.24) is 4.90 Å². The average molecular weight is 275 g/mol. The highest BCUT2D eigenvalue weighted by Gasteiger charge is 2.35. The van der Waals surface area contributed by atoms with Crippen LogP contribution < -0.4 is 15.4 Å².